The van der Waals surface area contributed by atoms with E-state index in [1.807, 2.05) is 24.3 Å². The molecule has 0 bridgehead atoms. The van der Waals surface area contributed by atoms with Gasteiger partial charge in [0.2, 0.25) is 0 Å². The van der Waals surface area contributed by atoms with E-state index in [-0.39, 0.29) is 17.0 Å². The van der Waals surface area contributed by atoms with Crippen LogP contribution in [0.1, 0.15) is 5.56 Å². The average Bonchev–Trinajstić information content (AvgIpc) is 2.42. The molecule has 0 amide bonds. The van der Waals surface area contributed by atoms with Crippen molar-refractivity contribution in [1.29, 1.82) is 0 Å². The molecule has 0 aliphatic rings. The number of nitro groups is 1. The zero-order valence-electron chi connectivity index (χ0n) is 10.2. The van der Waals surface area contributed by atoms with Crippen molar-refractivity contribution in [2.45, 2.75) is 0 Å². The van der Waals surface area contributed by atoms with Crippen molar-refractivity contribution < 1.29 is 10.0 Å². The van der Waals surface area contributed by atoms with Crippen molar-refractivity contribution in [2.24, 2.45) is 5.10 Å². The van der Waals surface area contributed by atoms with E-state index in [1.165, 1.54) is 24.4 Å². The highest BCUT2D eigenvalue weighted by molar-refractivity contribution is 14.1. The first-order valence-corrected chi connectivity index (χ1v) is 6.67. The predicted octanol–water partition coefficient (Wildman–Crippen LogP) is 3.35. The van der Waals surface area contributed by atoms with E-state index in [9.17, 15) is 15.2 Å². The third-order valence-electron chi connectivity index (χ3n) is 2.48. The van der Waals surface area contributed by atoms with Crippen molar-refractivity contribution in [3.8, 4) is 5.75 Å². The van der Waals surface area contributed by atoms with Gasteiger partial charge in [-0.15, -0.1) is 0 Å². The molecule has 0 fully saturated rings. The van der Waals surface area contributed by atoms with E-state index >= 15 is 0 Å². The molecular formula is C13H10IN3O3. The fourth-order valence-corrected chi connectivity index (χ4v) is 1.99. The Bertz CT molecular complexity index is 674. The van der Waals surface area contributed by atoms with Gasteiger partial charge >= 0.3 is 0 Å². The van der Waals surface area contributed by atoms with Crippen LogP contribution >= 0.6 is 22.6 Å². The summed E-state index contributed by atoms with van der Waals surface area (Å²) in [5.74, 6) is -0.0658. The molecule has 2 N–H and O–H groups in total. The number of para-hydroxylation sites is 1. The second-order valence-electron chi connectivity index (χ2n) is 3.85. The Morgan fingerprint density at radius 3 is 2.75 bits per heavy atom. The molecule has 102 valence electrons. The summed E-state index contributed by atoms with van der Waals surface area (Å²) in [5.41, 5.74) is 3.81. The number of hydrazone groups is 1. The van der Waals surface area contributed by atoms with E-state index in [4.69, 9.17) is 0 Å². The molecule has 0 saturated heterocycles. The van der Waals surface area contributed by atoms with Gasteiger partial charge in [-0.25, -0.2) is 0 Å². The summed E-state index contributed by atoms with van der Waals surface area (Å²) >= 11 is 2.16. The largest absolute Gasteiger partial charge is 0.507 e. The number of benzene rings is 2. The predicted molar refractivity (Wildman–Crippen MR) is 85.1 cm³/mol. The normalized spacial score (nSPS) is 10.7. The minimum Gasteiger partial charge on any atom is -0.507 e. The molecule has 6 nitrogen and oxygen atoms in total. The van der Waals surface area contributed by atoms with E-state index in [0.717, 1.165) is 9.26 Å². The van der Waals surface area contributed by atoms with Gasteiger partial charge in [-0.05, 0) is 40.8 Å². The molecular weight excluding hydrogens is 373 g/mol. The van der Waals surface area contributed by atoms with Gasteiger partial charge in [0.25, 0.3) is 5.69 Å². The first-order chi connectivity index (χ1) is 9.58. The number of rotatable bonds is 4. The Morgan fingerprint density at radius 2 is 2.05 bits per heavy atom. The van der Waals surface area contributed by atoms with Crippen LogP contribution in [0.3, 0.4) is 0 Å². The Kier molecular flexibility index (Phi) is 4.51. The van der Waals surface area contributed by atoms with Crippen LogP contribution in [0.4, 0.5) is 11.4 Å². The lowest BCUT2D eigenvalue weighted by Gasteiger charge is -2.03. The molecule has 20 heavy (non-hydrogen) atoms. The lowest BCUT2D eigenvalue weighted by atomic mass is 10.2. The number of nitrogens with zero attached hydrogens (tertiary/aromatic N) is 2. The summed E-state index contributed by atoms with van der Waals surface area (Å²) in [6.07, 6.45) is 1.34. The molecule has 2 aromatic rings. The Morgan fingerprint density at radius 1 is 1.30 bits per heavy atom. The van der Waals surface area contributed by atoms with Crippen molar-refractivity contribution in [3.05, 3.63) is 61.7 Å². The minimum atomic E-state index is -0.523. The lowest BCUT2D eigenvalue weighted by molar-refractivity contribution is -0.384. The Labute approximate surface area is 128 Å². The summed E-state index contributed by atoms with van der Waals surface area (Å²) in [5, 5.41) is 24.3. The van der Waals surface area contributed by atoms with E-state index in [1.54, 1.807) is 0 Å². The second kappa shape index (κ2) is 6.33. The molecule has 7 heteroatoms. The average molecular weight is 383 g/mol. The van der Waals surface area contributed by atoms with E-state index < -0.39 is 4.92 Å². The number of phenolic OH excluding ortho intramolecular Hbond substituents is 1. The molecule has 2 aromatic carbocycles. The maximum absolute atomic E-state index is 10.7. The van der Waals surface area contributed by atoms with E-state index in [0.29, 0.717) is 0 Å². The Balaban J connectivity index is 2.17. The highest BCUT2D eigenvalue weighted by atomic mass is 127. The number of anilines is 1. The maximum atomic E-state index is 10.7. The smallest absolute Gasteiger partial charge is 0.270 e. The zero-order chi connectivity index (χ0) is 14.5. The summed E-state index contributed by atoms with van der Waals surface area (Å²) in [6, 6.07) is 11.3. The van der Waals surface area contributed by atoms with Crippen molar-refractivity contribution >= 4 is 40.2 Å². The number of aromatic hydroxyl groups is 1. The van der Waals surface area contributed by atoms with Gasteiger partial charge in [-0.2, -0.15) is 5.10 Å². The lowest BCUT2D eigenvalue weighted by Crippen LogP contribution is -1.94. The zero-order valence-corrected chi connectivity index (χ0v) is 12.3. The molecule has 0 aliphatic heterocycles. The highest BCUT2D eigenvalue weighted by Gasteiger charge is 2.08. The molecule has 0 aliphatic carbocycles. The number of non-ortho nitro benzene ring substituents is 1. The highest BCUT2D eigenvalue weighted by Crippen LogP contribution is 2.21. The minimum absolute atomic E-state index is 0.0658. The molecule has 0 unspecified atom stereocenters. The van der Waals surface area contributed by atoms with Crippen molar-refractivity contribution in [1.82, 2.24) is 0 Å². The number of nitro benzene ring substituents is 1. The maximum Gasteiger partial charge on any atom is 0.270 e. The van der Waals surface area contributed by atoms with Crippen molar-refractivity contribution in [2.75, 3.05) is 5.43 Å². The van der Waals surface area contributed by atoms with Crippen molar-refractivity contribution in [3.63, 3.8) is 0 Å². The summed E-state index contributed by atoms with van der Waals surface area (Å²) < 4.78 is 0.991. The molecule has 0 atom stereocenters. The topological polar surface area (TPSA) is 87.8 Å². The van der Waals surface area contributed by atoms with Crippen LogP contribution in [-0.4, -0.2) is 16.2 Å². The van der Waals surface area contributed by atoms with Gasteiger partial charge in [0.1, 0.15) is 5.75 Å². The third-order valence-corrected chi connectivity index (χ3v) is 3.43. The number of halogens is 1. The van der Waals surface area contributed by atoms with Gasteiger partial charge in [0, 0.05) is 21.3 Å². The summed E-state index contributed by atoms with van der Waals surface area (Å²) in [4.78, 5) is 10.1. The van der Waals surface area contributed by atoms with Crippen LogP contribution in [0.25, 0.3) is 0 Å². The SMILES string of the molecule is O=[N+]([O-])c1ccc(O)c(/C=N/Nc2ccccc2I)c1. The molecule has 0 heterocycles. The van der Waals surface area contributed by atoms with Gasteiger partial charge in [0.05, 0.1) is 16.8 Å². The first-order valence-electron chi connectivity index (χ1n) is 5.59. The van der Waals surface area contributed by atoms with Crippen LogP contribution in [-0.2, 0) is 0 Å². The molecule has 0 saturated carbocycles. The molecule has 2 rings (SSSR count). The number of phenols is 1. The van der Waals surface area contributed by atoms with Crippen LogP contribution in [0.15, 0.2) is 47.6 Å². The van der Waals surface area contributed by atoms with Crippen LogP contribution in [0.5, 0.6) is 5.75 Å². The number of hydrogen-bond donors (Lipinski definition) is 2. The van der Waals surface area contributed by atoms with Crippen LogP contribution in [0, 0.1) is 13.7 Å². The van der Waals surface area contributed by atoms with Gasteiger partial charge in [-0.1, -0.05) is 12.1 Å². The number of hydrogen-bond acceptors (Lipinski definition) is 5. The quantitative estimate of drug-likeness (QED) is 0.367. The van der Waals surface area contributed by atoms with Crippen LogP contribution in [0.2, 0.25) is 0 Å². The summed E-state index contributed by atoms with van der Waals surface area (Å²) in [7, 11) is 0. The monoisotopic (exact) mass is 383 g/mol. The second-order valence-corrected chi connectivity index (χ2v) is 5.01. The van der Waals surface area contributed by atoms with Gasteiger partial charge < -0.3 is 5.11 Å². The van der Waals surface area contributed by atoms with Gasteiger partial charge in [-0.3, -0.25) is 15.5 Å². The molecule has 0 aromatic heterocycles. The number of nitrogens with one attached hydrogen (secondary N) is 1. The Hall–Kier alpha value is -2.16. The van der Waals surface area contributed by atoms with Crippen LogP contribution < -0.4 is 5.43 Å². The molecule has 0 spiro atoms. The standard InChI is InChI=1S/C13H10IN3O3/c14-11-3-1-2-4-12(11)16-15-8-9-7-10(17(19)20)5-6-13(9)18/h1-8,16,18H/b15-8+. The summed E-state index contributed by atoms with van der Waals surface area (Å²) in [6.45, 7) is 0. The molecule has 0 radical (unpaired) electrons. The third kappa shape index (κ3) is 3.44. The van der Waals surface area contributed by atoms with E-state index in [2.05, 4.69) is 33.1 Å². The fraction of sp³-hybridized carbons (Fsp3) is 0. The first kappa shape index (κ1) is 14.3. The fourth-order valence-electron chi connectivity index (χ4n) is 1.48. The van der Waals surface area contributed by atoms with Gasteiger partial charge in [0.15, 0.2) is 0 Å².